The molecule has 9 heteroatoms. The number of aromatic nitrogens is 3. The van der Waals surface area contributed by atoms with Crippen molar-refractivity contribution in [2.75, 3.05) is 25.5 Å². The van der Waals surface area contributed by atoms with Gasteiger partial charge in [0.05, 0.1) is 18.8 Å². The topological polar surface area (TPSA) is 95.8 Å². The van der Waals surface area contributed by atoms with Gasteiger partial charge in [-0.2, -0.15) is 0 Å². The van der Waals surface area contributed by atoms with E-state index in [0.29, 0.717) is 6.42 Å². The summed E-state index contributed by atoms with van der Waals surface area (Å²) in [5.74, 6) is -0.00596. The maximum Gasteiger partial charge on any atom is 0.224 e. The van der Waals surface area contributed by atoms with Gasteiger partial charge in [0, 0.05) is 36.8 Å². The number of carbonyl (C=O) groups is 1. The molecule has 0 fully saturated rings. The van der Waals surface area contributed by atoms with E-state index < -0.39 is 6.41 Å². The predicted molar refractivity (Wildman–Crippen MR) is 119 cm³/mol. The minimum atomic E-state index is -1.09. The molecule has 1 aromatic carbocycles. The van der Waals surface area contributed by atoms with Crippen molar-refractivity contribution in [3.63, 3.8) is 0 Å². The van der Waals surface area contributed by atoms with Gasteiger partial charge in [-0.15, -0.1) is 5.10 Å². The highest BCUT2D eigenvalue weighted by Crippen LogP contribution is 2.39. The summed E-state index contributed by atoms with van der Waals surface area (Å²) in [5, 5.41) is 22.0. The van der Waals surface area contributed by atoms with E-state index in [1.807, 2.05) is 63.9 Å². The number of ether oxygens (including phenoxy) is 1. The van der Waals surface area contributed by atoms with Gasteiger partial charge < -0.3 is 19.6 Å². The number of carbonyl (C=O) groups excluding carboxylic acids is 1. The summed E-state index contributed by atoms with van der Waals surface area (Å²) in [6.45, 7) is 8.96. The first-order valence-corrected chi connectivity index (χ1v) is 10.7. The van der Waals surface area contributed by atoms with Crippen LogP contribution in [0.1, 0.15) is 45.7 Å². The fourth-order valence-corrected chi connectivity index (χ4v) is 3.97. The molecule has 2 N–H and O–H groups in total. The van der Waals surface area contributed by atoms with E-state index in [0.717, 1.165) is 35.6 Å². The van der Waals surface area contributed by atoms with E-state index in [1.165, 1.54) is 0 Å². The third-order valence-electron chi connectivity index (χ3n) is 5.37. The number of hydrogen-bond donors (Lipinski definition) is 2. The molecule has 1 amide bonds. The lowest BCUT2D eigenvalue weighted by atomic mass is 9.90. The first kappa shape index (κ1) is 23.3. The van der Waals surface area contributed by atoms with Gasteiger partial charge in [-0.1, -0.05) is 11.3 Å². The van der Waals surface area contributed by atoms with E-state index in [-0.39, 0.29) is 24.1 Å². The van der Waals surface area contributed by atoms with Crippen LogP contribution in [0.15, 0.2) is 24.4 Å². The second-order valence-electron chi connectivity index (χ2n) is 8.67. The summed E-state index contributed by atoms with van der Waals surface area (Å²) in [7, 11) is 4.04. The summed E-state index contributed by atoms with van der Waals surface area (Å²) in [4.78, 5) is 16.2. The lowest BCUT2D eigenvalue weighted by Crippen LogP contribution is -2.47. The number of rotatable bonds is 8. The predicted octanol–water partition coefficient (Wildman–Crippen LogP) is 1.98. The smallest absolute Gasteiger partial charge is 0.224 e. The number of nitrogens with zero attached hydrogens (tertiary/aromatic N) is 5. The zero-order chi connectivity index (χ0) is 22.7. The first-order valence-electron chi connectivity index (χ1n) is 10.7. The molecule has 170 valence electrons. The molecular formula is C22H34N6O3. The number of nitrogens with one attached hydrogen (secondary N) is 1. The second kappa shape index (κ2) is 9.86. The minimum Gasteiger partial charge on any atom is -0.356 e. The van der Waals surface area contributed by atoms with Crippen molar-refractivity contribution in [2.24, 2.45) is 0 Å². The maximum atomic E-state index is 12.3. The molecule has 31 heavy (non-hydrogen) atoms. The van der Waals surface area contributed by atoms with Gasteiger partial charge in [-0.25, -0.2) is 0 Å². The van der Waals surface area contributed by atoms with Gasteiger partial charge >= 0.3 is 0 Å². The van der Waals surface area contributed by atoms with Gasteiger partial charge in [0.25, 0.3) is 0 Å². The van der Waals surface area contributed by atoms with Crippen LogP contribution < -0.4 is 10.2 Å². The Kier molecular flexibility index (Phi) is 7.42. The molecule has 0 aliphatic carbocycles. The lowest BCUT2D eigenvalue weighted by Gasteiger charge is -2.40. The molecule has 1 aliphatic heterocycles. The normalized spacial score (nSPS) is 19.7. The molecule has 9 nitrogen and oxygen atoms in total. The highest BCUT2D eigenvalue weighted by molar-refractivity contribution is 5.94. The van der Waals surface area contributed by atoms with Crippen molar-refractivity contribution in [1.82, 2.24) is 25.2 Å². The van der Waals surface area contributed by atoms with Crippen LogP contribution in [0.25, 0.3) is 11.3 Å². The highest BCUT2D eigenvalue weighted by Gasteiger charge is 2.33. The Morgan fingerprint density at radius 3 is 2.77 bits per heavy atom. The number of fused-ring (bicyclic) bond motifs is 1. The number of benzene rings is 1. The molecule has 1 aromatic heterocycles. The van der Waals surface area contributed by atoms with Gasteiger partial charge in [0.15, 0.2) is 0 Å². The van der Waals surface area contributed by atoms with Crippen LogP contribution in [0.2, 0.25) is 0 Å². The Balaban J connectivity index is 1.92. The summed E-state index contributed by atoms with van der Waals surface area (Å²) in [6, 6.07) is 5.76. The average Bonchev–Trinajstić information content (AvgIpc) is 3.14. The molecule has 1 aliphatic rings. The zero-order valence-corrected chi connectivity index (χ0v) is 19.2. The fraction of sp³-hybridized carbons (Fsp3) is 0.591. The minimum absolute atomic E-state index is 0.00596. The van der Waals surface area contributed by atoms with Crippen LogP contribution in [0.3, 0.4) is 0 Å². The number of amides is 1. The summed E-state index contributed by atoms with van der Waals surface area (Å²) < 4.78 is 7.30. The molecule has 3 rings (SSSR count). The summed E-state index contributed by atoms with van der Waals surface area (Å²) in [5.41, 5.74) is 3.45. The molecule has 0 bridgehead atoms. The molecule has 1 unspecified atom stereocenters. The lowest BCUT2D eigenvalue weighted by molar-refractivity contribution is -0.150. The highest BCUT2D eigenvalue weighted by atomic mass is 16.6. The molecule has 2 heterocycles. The summed E-state index contributed by atoms with van der Waals surface area (Å²) in [6.07, 6.45) is 1.38. The van der Waals surface area contributed by atoms with Gasteiger partial charge in [-0.3, -0.25) is 14.8 Å². The second-order valence-corrected chi connectivity index (χ2v) is 8.67. The van der Waals surface area contributed by atoms with E-state index >= 15 is 0 Å². The van der Waals surface area contributed by atoms with Crippen LogP contribution in [0.4, 0.5) is 5.69 Å². The molecule has 3 atom stereocenters. The Morgan fingerprint density at radius 2 is 2.13 bits per heavy atom. The molecule has 2 aromatic rings. The van der Waals surface area contributed by atoms with Crippen molar-refractivity contribution < 1.29 is 14.6 Å². The van der Waals surface area contributed by atoms with Crippen LogP contribution >= 0.6 is 0 Å². The van der Waals surface area contributed by atoms with Crippen molar-refractivity contribution in [3.05, 3.63) is 30.0 Å². The molecular weight excluding hydrogens is 396 g/mol. The van der Waals surface area contributed by atoms with Crippen molar-refractivity contribution in [1.29, 1.82) is 0 Å². The van der Waals surface area contributed by atoms with Crippen LogP contribution in [0, 0.1) is 0 Å². The quantitative estimate of drug-likeness (QED) is 0.618. The van der Waals surface area contributed by atoms with E-state index in [2.05, 4.69) is 20.5 Å². The molecule has 0 spiro atoms. The number of likely N-dealkylation sites (N-methyl/N-ethyl adjacent to an activating group) is 1. The van der Waals surface area contributed by atoms with E-state index in [9.17, 15) is 9.90 Å². The van der Waals surface area contributed by atoms with Crippen molar-refractivity contribution >= 4 is 11.6 Å². The molecule has 0 saturated heterocycles. The third kappa shape index (κ3) is 5.68. The van der Waals surface area contributed by atoms with E-state index in [4.69, 9.17) is 4.74 Å². The largest absolute Gasteiger partial charge is 0.356 e. The zero-order valence-electron chi connectivity index (χ0n) is 19.2. The number of hydrogen-bond acceptors (Lipinski definition) is 7. The van der Waals surface area contributed by atoms with Gasteiger partial charge in [-0.05, 0) is 59.0 Å². The Bertz CT molecular complexity index is 897. The van der Waals surface area contributed by atoms with Crippen LogP contribution in [-0.2, 0) is 16.1 Å². The van der Waals surface area contributed by atoms with Gasteiger partial charge in [0.1, 0.15) is 5.69 Å². The monoisotopic (exact) mass is 430 g/mol. The first-order chi connectivity index (χ1) is 14.7. The number of aliphatic hydroxyl groups is 1. The summed E-state index contributed by atoms with van der Waals surface area (Å²) >= 11 is 0. The van der Waals surface area contributed by atoms with Crippen molar-refractivity contribution in [2.45, 2.75) is 65.3 Å². The maximum absolute atomic E-state index is 12.3. The molecule has 0 saturated carbocycles. The van der Waals surface area contributed by atoms with Crippen molar-refractivity contribution in [3.8, 4) is 11.3 Å². The standard InChI is InChI=1S/C22H34N6O3/c1-14(2)31-22(30)23-19-11-15(3)28(16(4)29)21-8-7-17(12-18(19)21)20-13-27(25-24-20)10-9-26(5)6/h7-8,12-15,19,22-23,30H,9-11H2,1-6H3/t15-,19+,22?/m0/s1. The fourth-order valence-electron chi connectivity index (χ4n) is 3.97. The van der Waals surface area contributed by atoms with E-state index in [1.54, 1.807) is 11.8 Å². The molecule has 0 radical (unpaired) electrons. The average molecular weight is 431 g/mol. The Morgan fingerprint density at radius 1 is 1.39 bits per heavy atom. The Hall–Kier alpha value is -2.33. The Labute approximate surface area is 184 Å². The van der Waals surface area contributed by atoms with Crippen LogP contribution in [-0.4, -0.2) is 70.1 Å². The number of anilines is 1. The third-order valence-corrected chi connectivity index (χ3v) is 5.37. The SMILES string of the molecule is CC(=O)N1c2ccc(-c3cn(CCN(C)C)nn3)cc2[C@H](NC(O)OC(C)C)C[C@@H]1C. The van der Waals surface area contributed by atoms with Gasteiger partial charge in [0.2, 0.25) is 12.3 Å². The number of aliphatic hydroxyl groups excluding tert-OH is 1. The van der Waals surface area contributed by atoms with Crippen LogP contribution in [0.5, 0.6) is 0 Å².